The van der Waals surface area contributed by atoms with Crippen LogP contribution in [-0.2, 0) is 16.6 Å². The Hall–Kier alpha value is -1.99. The maximum Gasteiger partial charge on any atom is 0.243 e. The lowest BCUT2D eigenvalue weighted by Gasteiger charge is -2.17. The summed E-state index contributed by atoms with van der Waals surface area (Å²) in [7, 11) is -2.11. The van der Waals surface area contributed by atoms with E-state index in [9.17, 15) is 8.42 Å². The standard InChI is InChI=1S/C16H19NO5S/c1-12-4-5-13(22-12)11-17(2)23(18,19)14-6-7-15-16(10-14)21-9-3-8-20-15/h4-7,10H,3,8-9,11H2,1-2H3. The topological polar surface area (TPSA) is 69.0 Å². The van der Waals surface area contributed by atoms with Gasteiger partial charge >= 0.3 is 0 Å². The molecule has 0 amide bonds. The van der Waals surface area contributed by atoms with Crippen molar-refractivity contribution in [2.75, 3.05) is 20.3 Å². The molecule has 2 heterocycles. The minimum absolute atomic E-state index is 0.171. The smallest absolute Gasteiger partial charge is 0.243 e. The Morgan fingerprint density at radius 1 is 1.09 bits per heavy atom. The summed E-state index contributed by atoms with van der Waals surface area (Å²) >= 11 is 0. The molecule has 0 atom stereocenters. The van der Waals surface area contributed by atoms with Crippen LogP contribution < -0.4 is 9.47 Å². The molecule has 0 unspecified atom stereocenters. The zero-order valence-corrected chi connectivity index (χ0v) is 13.9. The van der Waals surface area contributed by atoms with E-state index in [1.165, 1.54) is 23.5 Å². The molecular weight excluding hydrogens is 318 g/mol. The minimum atomic E-state index is -3.64. The second-order valence-electron chi connectivity index (χ2n) is 5.43. The van der Waals surface area contributed by atoms with E-state index in [1.54, 1.807) is 12.1 Å². The number of ether oxygens (including phenoxy) is 2. The Morgan fingerprint density at radius 2 is 1.83 bits per heavy atom. The lowest BCUT2D eigenvalue weighted by molar-refractivity contribution is 0.297. The van der Waals surface area contributed by atoms with E-state index in [0.717, 1.165) is 12.2 Å². The van der Waals surface area contributed by atoms with Crippen molar-refractivity contribution in [3.8, 4) is 11.5 Å². The van der Waals surface area contributed by atoms with Gasteiger partial charge in [-0.2, -0.15) is 4.31 Å². The number of hydrogen-bond acceptors (Lipinski definition) is 5. The van der Waals surface area contributed by atoms with Crippen molar-refractivity contribution in [1.82, 2.24) is 4.31 Å². The lowest BCUT2D eigenvalue weighted by atomic mass is 10.3. The van der Waals surface area contributed by atoms with Gasteiger partial charge in [0.2, 0.25) is 10.0 Å². The fourth-order valence-electron chi connectivity index (χ4n) is 2.36. The quantitative estimate of drug-likeness (QED) is 0.858. The summed E-state index contributed by atoms with van der Waals surface area (Å²) in [5.74, 6) is 2.39. The van der Waals surface area contributed by atoms with E-state index in [4.69, 9.17) is 13.9 Å². The molecule has 0 aliphatic carbocycles. The molecule has 3 rings (SSSR count). The summed E-state index contributed by atoms with van der Waals surface area (Å²) in [5, 5.41) is 0. The Balaban J connectivity index is 1.85. The van der Waals surface area contributed by atoms with Gasteiger partial charge in [-0.05, 0) is 31.2 Å². The zero-order valence-electron chi connectivity index (χ0n) is 13.1. The molecule has 0 N–H and O–H groups in total. The Kier molecular flexibility index (Phi) is 4.32. The van der Waals surface area contributed by atoms with Crippen LogP contribution in [0.15, 0.2) is 39.6 Å². The van der Waals surface area contributed by atoms with Crippen molar-refractivity contribution in [2.24, 2.45) is 0 Å². The molecule has 1 aliphatic rings. The second-order valence-corrected chi connectivity index (χ2v) is 7.48. The Labute approximate surface area is 135 Å². The third kappa shape index (κ3) is 3.35. The number of aryl methyl sites for hydroxylation is 1. The summed E-state index contributed by atoms with van der Waals surface area (Å²) in [6, 6.07) is 8.27. The normalized spacial score (nSPS) is 14.7. The first-order valence-electron chi connectivity index (χ1n) is 7.38. The molecule has 1 aliphatic heterocycles. The van der Waals surface area contributed by atoms with Gasteiger partial charge in [0.05, 0.1) is 24.7 Å². The van der Waals surface area contributed by atoms with Crippen molar-refractivity contribution in [2.45, 2.75) is 24.8 Å². The van der Waals surface area contributed by atoms with E-state index in [2.05, 4.69) is 0 Å². The van der Waals surface area contributed by atoms with Gasteiger partial charge in [-0.1, -0.05) is 0 Å². The number of hydrogen-bond donors (Lipinski definition) is 0. The molecule has 23 heavy (non-hydrogen) atoms. The van der Waals surface area contributed by atoms with Gasteiger partial charge in [0.25, 0.3) is 0 Å². The van der Waals surface area contributed by atoms with Crippen LogP contribution in [0.4, 0.5) is 0 Å². The molecule has 0 radical (unpaired) electrons. The molecule has 1 aromatic heterocycles. The summed E-state index contributed by atoms with van der Waals surface area (Å²) in [5.41, 5.74) is 0. The molecule has 0 bridgehead atoms. The summed E-state index contributed by atoms with van der Waals surface area (Å²) in [6.45, 7) is 3.07. The third-order valence-corrected chi connectivity index (χ3v) is 5.40. The van der Waals surface area contributed by atoms with Crippen LogP contribution in [0.25, 0.3) is 0 Å². The predicted octanol–water partition coefficient (Wildman–Crippen LogP) is 2.57. The first-order chi connectivity index (χ1) is 11.0. The zero-order chi connectivity index (χ0) is 16.4. The van der Waals surface area contributed by atoms with Gasteiger partial charge in [-0.3, -0.25) is 0 Å². The van der Waals surface area contributed by atoms with Crippen LogP contribution in [0.3, 0.4) is 0 Å². The number of rotatable bonds is 4. The highest BCUT2D eigenvalue weighted by Crippen LogP contribution is 2.32. The van der Waals surface area contributed by atoms with E-state index < -0.39 is 10.0 Å². The van der Waals surface area contributed by atoms with Gasteiger partial charge < -0.3 is 13.9 Å². The maximum atomic E-state index is 12.7. The van der Waals surface area contributed by atoms with Gasteiger partial charge in [0.15, 0.2) is 11.5 Å². The van der Waals surface area contributed by atoms with Crippen LogP contribution in [0.2, 0.25) is 0 Å². The van der Waals surface area contributed by atoms with Gasteiger partial charge in [-0.25, -0.2) is 8.42 Å². The number of fused-ring (bicyclic) bond motifs is 1. The van der Waals surface area contributed by atoms with Gasteiger partial charge in [0, 0.05) is 19.5 Å². The summed E-state index contributed by atoms with van der Waals surface area (Å²) in [6.07, 6.45) is 0.772. The Bertz CT molecular complexity index is 797. The van der Waals surface area contributed by atoms with Crippen molar-refractivity contribution >= 4 is 10.0 Å². The molecule has 2 aromatic rings. The third-order valence-electron chi connectivity index (χ3n) is 3.60. The van der Waals surface area contributed by atoms with Crippen LogP contribution in [0, 0.1) is 6.92 Å². The molecule has 0 saturated heterocycles. The molecule has 124 valence electrons. The number of benzene rings is 1. The predicted molar refractivity (Wildman–Crippen MR) is 84.1 cm³/mol. The minimum Gasteiger partial charge on any atom is -0.490 e. The Morgan fingerprint density at radius 3 is 2.52 bits per heavy atom. The fourth-order valence-corrected chi connectivity index (χ4v) is 3.51. The summed E-state index contributed by atoms with van der Waals surface area (Å²) < 4.78 is 43.2. The van der Waals surface area contributed by atoms with E-state index in [-0.39, 0.29) is 11.4 Å². The van der Waals surface area contributed by atoms with E-state index >= 15 is 0 Å². The van der Waals surface area contributed by atoms with E-state index in [1.807, 2.05) is 13.0 Å². The second kappa shape index (κ2) is 6.25. The van der Waals surface area contributed by atoms with Crippen molar-refractivity contribution in [3.63, 3.8) is 0 Å². The molecular formula is C16H19NO5S. The monoisotopic (exact) mass is 337 g/mol. The molecule has 1 aromatic carbocycles. The first kappa shape index (κ1) is 15.9. The van der Waals surface area contributed by atoms with Crippen LogP contribution in [0.5, 0.6) is 11.5 Å². The molecule has 0 fully saturated rings. The average Bonchev–Trinajstić information content (AvgIpc) is 2.79. The SMILES string of the molecule is Cc1ccc(CN(C)S(=O)(=O)c2ccc3c(c2)OCCCO3)o1. The maximum absolute atomic E-state index is 12.7. The molecule has 0 saturated carbocycles. The molecule has 7 heteroatoms. The van der Waals surface area contributed by atoms with Crippen molar-refractivity contribution < 1.29 is 22.3 Å². The number of nitrogens with zero attached hydrogens (tertiary/aromatic N) is 1. The largest absolute Gasteiger partial charge is 0.490 e. The van der Waals surface area contributed by atoms with Crippen LogP contribution in [-0.4, -0.2) is 33.0 Å². The van der Waals surface area contributed by atoms with Gasteiger partial charge in [-0.15, -0.1) is 0 Å². The van der Waals surface area contributed by atoms with Crippen LogP contribution >= 0.6 is 0 Å². The molecule has 0 spiro atoms. The fraction of sp³-hybridized carbons (Fsp3) is 0.375. The number of furan rings is 1. The van der Waals surface area contributed by atoms with E-state index in [0.29, 0.717) is 30.5 Å². The van der Waals surface area contributed by atoms with Crippen molar-refractivity contribution in [3.05, 3.63) is 41.9 Å². The van der Waals surface area contributed by atoms with Gasteiger partial charge in [0.1, 0.15) is 11.5 Å². The van der Waals surface area contributed by atoms with Crippen LogP contribution in [0.1, 0.15) is 17.9 Å². The number of sulfonamides is 1. The molecule has 6 nitrogen and oxygen atoms in total. The average molecular weight is 337 g/mol. The highest BCUT2D eigenvalue weighted by Gasteiger charge is 2.24. The summed E-state index contributed by atoms with van der Waals surface area (Å²) in [4.78, 5) is 0.174. The highest BCUT2D eigenvalue weighted by molar-refractivity contribution is 7.89. The van der Waals surface area contributed by atoms with Crippen molar-refractivity contribution in [1.29, 1.82) is 0 Å². The highest BCUT2D eigenvalue weighted by atomic mass is 32.2. The lowest BCUT2D eigenvalue weighted by Crippen LogP contribution is -2.26. The first-order valence-corrected chi connectivity index (χ1v) is 8.82.